The van der Waals surface area contributed by atoms with Gasteiger partial charge in [0, 0.05) is 20.8 Å². The van der Waals surface area contributed by atoms with Gasteiger partial charge in [-0.25, -0.2) is 8.78 Å². The van der Waals surface area contributed by atoms with E-state index >= 15 is 0 Å². The zero-order valence-electron chi connectivity index (χ0n) is 13.3. The molecule has 0 aromatic rings. The fourth-order valence-electron chi connectivity index (χ4n) is 1.41. The number of alkyl halides is 6. The second-order valence-corrected chi connectivity index (χ2v) is 7.22. The Morgan fingerprint density at radius 2 is 1.16 bits per heavy atom. The van der Waals surface area contributed by atoms with E-state index in [0.717, 1.165) is 0 Å². The predicted octanol–water partition coefficient (Wildman–Crippen LogP) is 2.05. The number of halogens is 6. The molecule has 0 amide bonds. The molecule has 0 aliphatic carbocycles. The molecule has 146 valence electrons. The minimum Gasteiger partial charge on any atom is -0.454 e. The molecule has 0 radical (unpaired) electrons. The van der Waals surface area contributed by atoms with E-state index in [2.05, 4.69) is 18.0 Å². The second kappa shape index (κ2) is 8.03. The maximum absolute atomic E-state index is 13.4. The number of ether oxygens (including phenoxy) is 1. The van der Waals surface area contributed by atoms with Gasteiger partial charge in [0.1, 0.15) is 0 Å². The lowest BCUT2D eigenvalue weighted by Gasteiger charge is -2.34. The first kappa shape index (κ1) is 23.2. The zero-order valence-corrected chi connectivity index (χ0v) is 14.3. The molecule has 0 rings (SSSR count). The smallest absolute Gasteiger partial charge is 0.454 e. The van der Waals surface area contributed by atoms with Crippen LogP contribution in [0.3, 0.4) is 0 Å². The van der Waals surface area contributed by atoms with E-state index in [-0.39, 0.29) is 0 Å². The van der Waals surface area contributed by atoms with Gasteiger partial charge < -0.3 is 18.0 Å². The summed E-state index contributed by atoms with van der Waals surface area (Å²) in [5, 5.41) is 0. The Hall–Kier alpha value is -1.83. The Labute approximate surface area is 138 Å². The fourth-order valence-corrected chi connectivity index (χ4v) is 3.53. The average Bonchev–Trinajstić information content (AvgIpc) is 2.34. The number of hydrogen-bond donors (Lipinski definition) is 0. The van der Waals surface area contributed by atoms with Crippen LogP contribution in [0.2, 0.25) is 0 Å². The molecule has 0 aromatic heterocycles. The quantitative estimate of drug-likeness (QED) is 0.455. The van der Waals surface area contributed by atoms with E-state index in [9.17, 15) is 40.7 Å². The largest absolute Gasteiger partial charge is 0.735 e. The minimum atomic E-state index is -5.93. The van der Waals surface area contributed by atoms with E-state index in [1.54, 1.807) is 0 Å². The Balaban J connectivity index is 5.88. The Morgan fingerprint density at radius 3 is 1.40 bits per heavy atom. The summed E-state index contributed by atoms with van der Waals surface area (Å²) in [5.41, 5.74) is -2.48. The van der Waals surface area contributed by atoms with Crippen molar-refractivity contribution in [3.8, 4) is 0 Å². The lowest BCUT2D eigenvalue weighted by atomic mass is 10.3. The van der Waals surface area contributed by atoms with Gasteiger partial charge in [0.05, 0.1) is 0 Å². The molecule has 0 spiro atoms. The molecule has 1 unspecified atom stereocenters. The van der Waals surface area contributed by atoms with Crippen molar-refractivity contribution in [1.82, 2.24) is 0 Å². The summed E-state index contributed by atoms with van der Waals surface area (Å²) in [6.07, 6.45) is -10.6. The molecule has 0 N–H and O–H groups in total. The normalized spacial score (nSPS) is 14.0. The van der Waals surface area contributed by atoms with Gasteiger partial charge in [-0.2, -0.15) is 17.6 Å². The van der Waals surface area contributed by atoms with Crippen molar-refractivity contribution < 1.29 is 58.7 Å². The molecule has 14 heteroatoms. The number of carbonyl (C=O) groups is 3. The summed E-state index contributed by atoms with van der Waals surface area (Å²) in [6.45, 7) is 2.63. The first-order valence-corrected chi connectivity index (χ1v) is 8.18. The molecule has 0 aliphatic rings. The third kappa shape index (κ3) is 5.88. The highest BCUT2D eigenvalue weighted by Crippen LogP contribution is 2.41. The van der Waals surface area contributed by atoms with Crippen LogP contribution in [0.25, 0.3) is 0 Å². The molecule has 0 heterocycles. The SMILES string of the molecule is CC(=O)O[Si](OC(C)=O)(OC(C)=O)C(C)OC(F)(F)C(F)(F)C(F)F. The molecule has 0 aromatic carbocycles. The standard InChI is InChI=1S/C11H14F6O7Si/c1-5(18)22-25(23-6(2)19,24-7(3)20)8(4)21-11(16,17)10(14,15)9(12)13/h8-9H,1-4H3. The molecule has 25 heavy (non-hydrogen) atoms. The van der Waals surface area contributed by atoms with Crippen LogP contribution in [0.4, 0.5) is 26.3 Å². The van der Waals surface area contributed by atoms with Crippen molar-refractivity contribution in [3.63, 3.8) is 0 Å². The fraction of sp³-hybridized carbons (Fsp3) is 0.727. The van der Waals surface area contributed by atoms with E-state index < -0.39 is 50.9 Å². The summed E-state index contributed by atoms with van der Waals surface area (Å²) in [5.74, 6) is -9.82. The molecular weight excluding hydrogens is 386 g/mol. The van der Waals surface area contributed by atoms with E-state index in [1.807, 2.05) is 0 Å². The van der Waals surface area contributed by atoms with Crippen LogP contribution in [0.1, 0.15) is 27.7 Å². The van der Waals surface area contributed by atoms with E-state index in [0.29, 0.717) is 27.7 Å². The van der Waals surface area contributed by atoms with E-state index in [1.165, 1.54) is 0 Å². The molecule has 0 saturated carbocycles. The first-order valence-electron chi connectivity index (χ1n) is 6.37. The summed E-state index contributed by atoms with van der Waals surface area (Å²) >= 11 is 0. The van der Waals surface area contributed by atoms with Crippen molar-refractivity contribution in [2.24, 2.45) is 0 Å². The van der Waals surface area contributed by atoms with E-state index in [4.69, 9.17) is 0 Å². The van der Waals surface area contributed by atoms with Crippen molar-refractivity contribution in [2.45, 2.75) is 51.9 Å². The van der Waals surface area contributed by atoms with Crippen molar-refractivity contribution in [1.29, 1.82) is 0 Å². The highest BCUT2D eigenvalue weighted by atomic mass is 28.4. The van der Waals surface area contributed by atoms with Crippen LogP contribution in [0.15, 0.2) is 0 Å². The average molecular weight is 400 g/mol. The Kier molecular flexibility index (Phi) is 7.44. The predicted molar refractivity (Wildman–Crippen MR) is 67.5 cm³/mol. The number of rotatable bonds is 8. The monoisotopic (exact) mass is 400 g/mol. The van der Waals surface area contributed by atoms with Gasteiger partial charge in [0.15, 0.2) is 5.73 Å². The van der Waals surface area contributed by atoms with Crippen LogP contribution < -0.4 is 0 Å². The molecular formula is C11H14F6O7Si. The lowest BCUT2D eigenvalue weighted by Crippen LogP contribution is -2.62. The topological polar surface area (TPSA) is 88.1 Å². The minimum absolute atomic E-state index is 0.524. The summed E-state index contributed by atoms with van der Waals surface area (Å²) in [6, 6.07) is 0. The van der Waals surface area contributed by atoms with Crippen molar-refractivity contribution in [2.75, 3.05) is 0 Å². The van der Waals surface area contributed by atoms with Crippen LogP contribution in [0.5, 0.6) is 0 Å². The van der Waals surface area contributed by atoms with Gasteiger partial charge in [-0.3, -0.25) is 14.4 Å². The third-order valence-electron chi connectivity index (χ3n) is 2.34. The van der Waals surface area contributed by atoms with Gasteiger partial charge in [0.25, 0.3) is 17.9 Å². The Morgan fingerprint density at radius 1 is 0.840 bits per heavy atom. The van der Waals surface area contributed by atoms with Gasteiger partial charge in [0.2, 0.25) is 0 Å². The number of carbonyl (C=O) groups excluding carboxylic acids is 3. The lowest BCUT2D eigenvalue weighted by molar-refractivity contribution is -0.380. The summed E-state index contributed by atoms with van der Waals surface area (Å²) in [4.78, 5) is 33.3. The highest BCUT2D eigenvalue weighted by molar-refractivity contribution is 6.66. The maximum atomic E-state index is 13.4. The molecule has 0 aliphatic heterocycles. The first-order chi connectivity index (χ1) is 11.1. The van der Waals surface area contributed by atoms with Crippen molar-refractivity contribution in [3.05, 3.63) is 0 Å². The van der Waals surface area contributed by atoms with Crippen molar-refractivity contribution >= 4 is 26.7 Å². The summed E-state index contributed by atoms with van der Waals surface area (Å²) < 4.78 is 93.9. The van der Waals surface area contributed by atoms with Crippen LogP contribution in [-0.4, -0.2) is 50.9 Å². The van der Waals surface area contributed by atoms with Crippen LogP contribution in [0, 0.1) is 0 Å². The molecule has 0 fully saturated rings. The Bertz CT molecular complexity index is 486. The highest BCUT2D eigenvalue weighted by Gasteiger charge is 2.69. The maximum Gasteiger partial charge on any atom is 0.735 e. The van der Waals surface area contributed by atoms with Gasteiger partial charge >= 0.3 is 27.3 Å². The molecule has 0 saturated heterocycles. The molecule has 0 bridgehead atoms. The zero-order chi connectivity index (χ0) is 20.2. The molecule has 7 nitrogen and oxygen atoms in total. The van der Waals surface area contributed by atoms with Crippen LogP contribution in [-0.2, 0) is 32.4 Å². The number of hydrogen-bond acceptors (Lipinski definition) is 7. The molecule has 1 atom stereocenters. The van der Waals surface area contributed by atoms with Crippen LogP contribution >= 0.6 is 0 Å². The van der Waals surface area contributed by atoms with Gasteiger partial charge in [-0.15, -0.1) is 0 Å². The summed E-state index contributed by atoms with van der Waals surface area (Å²) in [7, 11) is -5.14. The van der Waals surface area contributed by atoms with Gasteiger partial charge in [-0.05, 0) is 6.92 Å². The second-order valence-electron chi connectivity index (χ2n) is 4.59. The third-order valence-corrected chi connectivity index (χ3v) is 5.17. The van der Waals surface area contributed by atoms with Gasteiger partial charge in [-0.1, -0.05) is 0 Å².